The van der Waals surface area contributed by atoms with E-state index in [0.717, 1.165) is 0 Å². The van der Waals surface area contributed by atoms with E-state index in [1.807, 2.05) is 0 Å². The van der Waals surface area contributed by atoms with Gasteiger partial charge in [-0.3, -0.25) is 9.59 Å². The van der Waals surface area contributed by atoms with Gasteiger partial charge in [0.2, 0.25) is 5.91 Å². The first kappa shape index (κ1) is 16.9. The Morgan fingerprint density at radius 3 is 2.22 bits per heavy atom. The molecule has 0 aliphatic carbocycles. The first-order valence-corrected chi connectivity index (χ1v) is 6.28. The van der Waals surface area contributed by atoms with Gasteiger partial charge in [-0.2, -0.15) is 0 Å². The Balaban J connectivity index is 3.79. The van der Waals surface area contributed by atoms with Crippen LogP contribution in [0, 0.1) is 5.41 Å². The van der Waals surface area contributed by atoms with E-state index >= 15 is 0 Å². The van der Waals surface area contributed by atoms with E-state index in [1.165, 1.54) is 0 Å². The predicted octanol–water partition coefficient (Wildman–Crippen LogP) is 1.81. The van der Waals surface area contributed by atoms with Crippen LogP contribution in [0.1, 0.15) is 46.5 Å². The normalized spacial score (nSPS) is 13.1. The Morgan fingerprint density at radius 2 is 1.78 bits per heavy atom. The minimum absolute atomic E-state index is 0.0225. The van der Waals surface area contributed by atoms with Gasteiger partial charge in [-0.05, 0) is 18.3 Å². The number of ether oxygens (including phenoxy) is 1. The number of aliphatic carboxylic acids is 1. The Kier molecular flexibility index (Phi) is 7.59. The number of hydrogen-bond acceptors (Lipinski definition) is 3. The van der Waals surface area contributed by atoms with E-state index in [0.29, 0.717) is 25.8 Å². The molecule has 0 fully saturated rings. The lowest BCUT2D eigenvalue weighted by Gasteiger charge is -2.29. The number of carboxylic acid groups (broad SMARTS) is 1. The van der Waals surface area contributed by atoms with Gasteiger partial charge < -0.3 is 15.2 Å². The molecule has 0 aromatic carbocycles. The molecule has 1 amide bonds. The van der Waals surface area contributed by atoms with Crippen molar-refractivity contribution in [1.29, 1.82) is 0 Å². The van der Waals surface area contributed by atoms with Gasteiger partial charge in [-0.15, -0.1) is 0 Å². The monoisotopic (exact) mass is 259 g/mol. The van der Waals surface area contributed by atoms with E-state index in [1.54, 1.807) is 7.11 Å². The number of nitrogens with one attached hydrogen (secondary N) is 1. The largest absolute Gasteiger partial charge is 0.481 e. The Bertz CT molecular complexity index is 271. The zero-order valence-electron chi connectivity index (χ0n) is 11.8. The van der Waals surface area contributed by atoms with Crippen LogP contribution in [0.15, 0.2) is 0 Å². The third kappa shape index (κ3) is 8.06. The van der Waals surface area contributed by atoms with Gasteiger partial charge >= 0.3 is 5.97 Å². The highest BCUT2D eigenvalue weighted by atomic mass is 16.5. The molecule has 0 heterocycles. The Morgan fingerprint density at radius 1 is 1.22 bits per heavy atom. The zero-order chi connectivity index (χ0) is 14.2. The van der Waals surface area contributed by atoms with Gasteiger partial charge in [0.1, 0.15) is 0 Å². The summed E-state index contributed by atoms with van der Waals surface area (Å²) in [6.45, 7) is 6.65. The van der Waals surface area contributed by atoms with Crippen molar-refractivity contribution in [2.24, 2.45) is 5.41 Å². The average molecular weight is 259 g/mol. The Labute approximate surface area is 109 Å². The van der Waals surface area contributed by atoms with E-state index in [4.69, 9.17) is 9.84 Å². The summed E-state index contributed by atoms with van der Waals surface area (Å²) < 4.78 is 5.33. The molecule has 1 atom stereocenters. The SMILES string of the molecule is COC(CNC(=O)CCCCC(=O)O)C(C)(C)C. The number of carboxylic acids is 1. The molecule has 1 unspecified atom stereocenters. The second kappa shape index (κ2) is 8.08. The Hall–Kier alpha value is -1.10. The van der Waals surface area contributed by atoms with E-state index in [9.17, 15) is 9.59 Å². The third-order valence-electron chi connectivity index (χ3n) is 2.78. The minimum Gasteiger partial charge on any atom is -0.481 e. The molecule has 18 heavy (non-hydrogen) atoms. The summed E-state index contributed by atoms with van der Waals surface area (Å²) in [6, 6.07) is 0. The molecule has 5 nitrogen and oxygen atoms in total. The molecule has 106 valence electrons. The first-order valence-electron chi connectivity index (χ1n) is 6.28. The van der Waals surface area contributed by atoms with Crippen molar-refractivity contribution in [3.8, 4) is 0 Å². The number of carbonyl (C=O) groups is 2. The van der Waals surface area contributed by atoms with Crippen LogP contribution >= 0.6 is 0 Å². The summed E-state index contributed by atoms with van der Waals surface area (Å²) in [5, 5.41) is 11.3. The van der Waals surface area contributed by atoms with Crippen LogP contribution in [-0.4, -0.2) is 36.7 Å². The summed E-state index contributed by atoms with van der Waals surface area (Å²) in [5.41, 5.74) is -0.0225. The van der Waals surface area contributed by atoms with Crippen molar-refractivity contribution >= 4 is 11.9 Å². The van der Waals surface area contributed by atoms with Crippen molar-refractivity contribution in [3.63, 3.8) is 0 Å². The molecular formula is C13H25NO4. The molecule has 0 rings (SSSR count). The van der Waals surface area contributed by atoms with Gasteiger partial charge in [-0.1, -0.05) is 20.8 Å². The summed E-state index contributed by atoms with van der Waals surface area (Å²) in [5.74, 6) is -0.866. The molecule has 0 aromatic heterocycles. The van der Waals surface area contributed by atoms with Crippen LogP contribution in [0.2, 0.25) is 0 Å². The fraction of sp³-hybridized carbons (Fsp3) is 0.846. The maximum atomic E-state index is 11.5. The summed E-state index contributed by atoms with van der Waals surface area (Å²) in [7, 11) is 1.63. The number of unbranched alkanes of at least 4 members (excludes halogenated alkanes) is 1. The first-order chi connectivity index (χ1) is 8.27. The van der Waals surface area contributed by atoms with Crippen LogP contribution in [-0.2, 0) is 14.3 Å². The number of carbonyl (C=O) groups excluding carboxylic acids is 1. The quantitative estimate of drug-likeness (QED) is 0.652. The molecule has 5 heteroatoms. The summed E-state index contributed by atoms with van der Waals surface area (Å²) in [4.78, 5) is 21.8. The molecule has 0 saturated carbocycles. The van der Waals surface area contributed by atoms with Crippen LogP contribution < -0.4 is 5.32 Å². The van der Waals surface area contributed by atoms with Gasteiger partial charge in [0.25, 0.3) is 0 Å². The maximum Gasteiger partial charge on any atom is 0.303 e. The maximum absolute atomic E-state index is 11.5. The third-order valence-corrected chi connectivity index (χ3v) is 2.78. The van der Waals surface area contributed by atoms with E-state index in [2.05, 4.69) is 26.1 Å². The lowest BCUT2D eigenvalue weighted by molar-refractivity contribution is -0.137. The van der Waals surface area contributed by atoms with Crippen LogP contribution in [0.3, 0.4) is 0 Å². The van der Waals surface area contributed by atoms with Crippen molar-refractivity contribution in [3.05, 3.63) is 0 Å². The highest BCUT2D eigenvalue weighted by Gasteiger charge is 2.24. The van der Waals surface area contributed by atoms with E-state index < -0.39 is 5.97 Å². The molecule has 0 bridgehead atoms. The highest BCUT2D eigenvalue weighted by molar-refractivity contribution is 5.75. The predicted molar refractivity (Wildman–Crippen MR) is 69.4 cm³/mol. The lowest BCUT2D eigenvalue weighted by atomic mass is 9.89. The van der Waals surface area contributed by atoms with Gasteiger partial charge in [0.05, 0.1) is 6.10 Å². The van der Waals surface area contributed by atoms with Crippen LogP contribution in [0.5, 0.6) is 0 Å². The standard InChI is InChI=1S/C13H25NO4/c1-13(2,3)10(18-4)9-14-11(15)7-5-6-8-12(16)17/h10H,5-9H2,1-4H3,(H,14,15)(H,16,17). The van der Waals surface area contributed by atoms with Gasteiger partial charge in [0.15, 0.2) is 0 Å². The van der Waals surface area contributed by atoms with Crippen molar-refractivity contribution < 1.29 is 19.4 Å². The molecule has 0 radical (unpaired) electrons. The van der Waals surface area contributed by atoms with E-state index in [-0.39, 0.29) is 23.8 Å². The fourth-order valence-corrected chi connectivity index (χ4v) is 1.60. The molecular weight excluding hydrogens is 234 g/mol. The summed E-state index contributed by atoms with van der Waals surface area (Å²) >= 11 is 0. The smallest absolute Gasteiger partial charge is 0.303 e. The van der Waals surface area contributed by atoms with Crippen molar-refractivity contribution in [2.75, 3.05) is 13.7 Å². The molecule has 0 aliphatic rings. The number of rotatable bonds is 8. The highest BCUT2D eigenvalue weighted by Crippen LogP contribution is 2.20. The molecule has 0 aromatic rings. The number of amides is 1. The molecule has 0 saturated heterocycles. The molecule has 0 aliphatic heterocycles. The summed E-state index contributed by atoms with van der Waals surface area (Å²) in [6.07, 6.45) is 1.60. The fourth-order valence-electron chi connectivity index (χ4n) is 1.60. The minimum atomic E-state index is -0.817. The molecule has 2 N–H and O–H groups in total. The second-order valence-electron chi connectivity index (χ2n) is 5.50. The molecule has 0 spiro atoms. The number of hydrogen-bond donors (Lipinski definition) is 2. The number of methoxy groups -OCH3 is 1. The average Bonchev–Trinajstić information content (AvgIpc) is 2.23. The van der Waals surface area contributed by atoms with Gasteiger partial charge in [-0.25, -0.2) is 0 Å². The lowest BCUT2D eigenvalue weighted by Crippen LogP contribution is -2.40. The second-order valence-corrected chi connectivity index (χ2v) is 5.50. The van der Waals surface area contributed by atoms with Crippen molar-refractivity contribution in [1.82, 2.24) is 5.32 Å². The van der Waals surface area contributed by atoms with Gasteiger partial charge in [0, 0.05) is 26.5 Å². The van der Waals surface area contributed by atoms with Crippen LogP contribution in [0.25, 0.3) is 0 Å². The topological polar surface area (TPSA) is 75.6 Å². The van der Waals surface area contributed by atoms with Crippen LogP contribution in [0.4, 0.5) is 0 Å². The van der Waals surface area contributed by atoms with Crippen molar-refractivity contribution in [2.45, 2.75) is 52.6 Å². The zero-order valence-corrected chi connectivity index (χ0v) is 11.8.